The van der Waals surface area contributed by atoms with Crippen LogP contribution in [0.1, 0.15) is 48.5 Å². The first-order valence-corrected chi connectivity index (χ1v) is 9.41. The molecular formula is C18H23N3O2S. The van der Waals surface area contributed by atoms with Gasteiger partial charge in [0.1, 0.15) is 0 Å². The Balaban J connectivity index is 1.72. The molecule has 2 fully saturated rings. The van der Waals surface area contributed by atoms with E-state index in [1.165, 1.54) is 11.3 Å². The average Bonchev–Trinajstić information content (AvgIpc) is 3.24. The highest BCUT2D eigenvalue weighted by Crippen LogP contribution is 2.52. The number of hydrogen-bond acceptors (Lipinski definition) is 5. The maximum atomic E-state index is 13.2. The van der Waals surface area contributed by atoms with Gasteiger partial charge in [-0.3, -0.25) is 4.79 Å². The van der Waals surface area contributed by atoms with Crippen molar-refractivity contribution < 1.29 is 9.90 Å². The molecule has 0 spiro atoms. The first kappa shape index (κ1) is 15.8. The van der Waals surface area contributed by atoms with E-state index in [9.17, 15) is 9.90 Å². The zero-order valence-electron chi connectivity index (χ0n) is 14.1. The van der Waals surface area contributed by atoms with Gasteiger partial charge >= 0.3 is 0 Å². The molecule has 6 heteroatoms. The number of thiazole rings is 1. The molecule has 5 nitrogen and oxygen atoms in total. The number of nitrogens with two attached hydrogens (primary N) is 1. The predicted molar refractivity (Wildman–Crippen MR) is 96.2 cm³/mol. The lowest BCUT2D eigenvalue weighted by Gasteiger charge is -2.34. The standard InChI is InChI=1S/C18H23N3O2S/c1-3-18(9-22)8-12-4-5-14(18)21(12)16(23)11-6-10(2)15-13(7-11)24-17(19)20-15/h6-7,12,14,22H,3-5,8-9H2,1-2H3,(H2,19,20)/t12-,14+,18-/m1/s1. The van der Waals surface area contributed by atoms with E-state index in [0.717, 1.165) is 41.5 Å². The summed E-state index contributed by atoms with van der Waals surface area (Å²) in [7, 11) is 0. The maximum Gasteiger partial charge on any atom is 0.254 e. The first-order valence-electron chi connectivity index (χ1n) is 8.59. The van der Waals surface area contributed by atoms with Crippen LogP contribution < -0.4 is 5.73 Å². The Bertz CT molecular complexity index is 812. The van der Waals surface area contributed by atoms with Gasteiger partial charge in [0, 0.05) is 23.1 Å². The van der Waals surface area contributed by atoms with Gasteiger partial charge in [-0.1, -0.05) is 18.3 Å². The molecule has 2 bridgehead atoms. The number of aromatic nitrogens is 1. The van der Waals surface area contributed by atoms with Gasteiger partial charge in [-0.15, -0.1) is 0 Å². The number of amides is 1. The number of anilines is 1. The van der Waals surface area contributed by atoms with Gasteiger partial charge in [-0.25, -0.2) is 4.98 Å². The number of aliphatic hydroxyl groups excluding tert-OH is 1. The fourth-order valence-corrected chi connectivity index (χ4v) is 5.60. The number of fused-ring (bicyclic) bond motifs is 3. The predicted octanol–water partition coefficient (Wildman–Crippen LogP) is 2.95. The van der Waals surface area contributed by atoms with Crippen molar-refractivity contribution >= 4 is 32.6 Å². The summed E-state index contributed by atoms with van der Waals surface area (Å²) < 4.78 is 0.964. The van der Waals surface area contributed by atoms with Gasteiger partial charge < -0.3 is 15.7 Å². The Morgan fingerprint density at radius 3 is 2.96 bits per heavy atom. The highest BCUT2D eigenvalue weighted by Gasteiger charge is 2.56. The van der Waals surface area contributed by atoms with E-state index in [2.05, 4.69) is 11.9 Å². The fourth-order valence-electron chi connectivity index (χ4n) is 4.75. The number of benzene rings is 1. The van der Waals surface area contributed by atoms with Gasteiger partial charge in [-0.2, -0.15) is 0 Å². The highest BCUT2D eigenvalue weighted by molar-refractivity contribution is 7.22. The molecule has 0 unspecified atom stereocenters. The Morgan fingerprint density at radius 2 is 2.29 bits per heavy atom. The normalized spacial score (nSPS) is 28.9. The van der Waals surface area contributed by atoms with Crippen molar-refractivity contribution in [2.45, 2.75) is 51.6 Å². The fraction of sp³-hybridized carbons (Fsp3) is 0.556. The van der Waals surface area contributed by atoms with E-state index in [-0.39, 0.29) is 30.0 Å². The topological polar surface area (TPSA) is 79.5 Å². The van der Waals surface area contributed by atoms with Crippen LogP contribution in [-0.2, 0) is 0 Å². The van der Waals surface area contributed by atoms with Crippen LogP contribution in [0.2, 0.25) is 0 Å². The molecule has 24 heavy (non-hydrogen) atoms. The zero-order valence-corrected chi connectivity index (χ0v) is 14.9. The summed E-state index contributed by atoms with van der Waals surface area (Å²) >= 11 is 1.42. The van der Waals surface area contributed by atoms with Crippen LogP contribution in [0.3, 0.4) is 0 Å². The molecule has 3 atom stereocenters. The molecule has 0 aliphatic carbocycles. The van der Waals surface area contributed by atoms with Crippen molar-refractivity contribution in [2.75, 3.05) is 12.3 Å². The molecule has 0 saturated carbocycles. The third kappa shape index (κ3) is 2.09. The number of rotatable bonds is 3. The zero-order chi connectivity index (χ0) is 17.1. The second-order valence-electron chi connectivity index (χ2n) is 7.23. The lowest BCUT2D eigenvalue weighted by molar-refractivity contribution is 0.0557. The molecule has 0 radical (unpaired) electrons. The smallest absolute Gasteiger partial charge is 0.254 e. The molecule has 128 valence electrons. The summed E-state index contributed by atoms with van der Waals surface area (Å²) in [6.45, 7) is 4.26. The number of aliphatic hydroxyl groups is 1. The first-order chi connectivity index (χ1) is 11.5. The third-order valence-electron chi connectivity index (χ3n) is 6.05. The summed E-state index contributed by atoms with van der Waals surface area (Å²) in [4.78, 5) is 19.6. The minimum Gasteiger partial charge on any atom is -0.396 e. The molecular weight excluding hydrogens is 322 g/mol. The summed E-state index contributed by atoms with van der Waals surface area (Å²) in [5.41, 5.74) is 8.28. The Kier molecular flexibility index (Phi) is 3.58. The minimum absolute atomic E-state index is 0.0863. The van der Waals surface area contributed by atoms with E-state index in [0.29, 0.717) is 10.7 Å². The number of aryl methyl sites for hydroxylation is 1. The molecule has 1 aromatic carbocycles. The molecule has 3 heterocycles. The summed E-state index contributed by atoms with van der Waals surface area (Å²) in [5, 5.41) is 10.5. The van der Waals surface area contributed by atoms with Crippen molar-refractivity contribution in [3.8, 4) is 0 Å². The van der Waals surface area contributed by atoms with Crippen molar-refractivity contribution in [3.63, 3.8) is 0 Å². The van der Waals surface area contributed by atoms with Crippen LogP contribution in [-0.4, -0.2) is 39.6 Å². The molecule has 2 aromatic rings. The number of carbonyl (C=O) groups is 1. The Hall–Kier alpha value is -1.66. The van der Waals surface area contributed by atoms with E-state index in [1.54, 1.807) is 0 Å². The molecule has 3 N–H and O–H groups in total. The molecule has 1 amide bonds. The van der Waals surface area contributed by atoms with Crippen LogP contribution in [0.15, 0.2) is 12.1 Å². The minimum atomic E-state index is -0.118. The van der Waals surface area contributed by atoms with E-state index >= 15 is 0 Å². The van der Waals surface area contributed by atoms with Crippen molar-refractivity contribution in [1.82, 2.24) is 9.88 Å². The van der Waals surface area contributed by atoms with Gasteiger partial charge in [0.05, 0.1) is 16.8 Å². The number of carbonyl (C=O) groups excluding carboxylic acids is 1. The van der Waals surface area contributed by atoms with Crippen molar-refractivity contribution in [3.05, 3.63) is 23.3 Å². The Labute approximate surface area is 145 Å². The average molecular weight is 345 g/mol. The molecule has 2 saturated heterocycles. The van der Waals surface area contributed by atoms with Crippen LogP contribution in [0.25, 0.3) is 10.2 Å². The van der Waals surface area contributed by atoms with Crippen LogP contribution in [0.4, 0.5) is 5.13 Å². The highest BCUT2D eigenvalue weighted by atomic mass is 32.1. The third-order valence-corrected chi connectivity index (χ3v) is 6.89. The second kappa shape index (κ2) is 5.43. The van der Waals surface area contributed by atoms with Gasteiger partial charge in [-0.05, 0) is 50.3 Å². The van der Waals surface area contributed by atoms with Crippen LogP contribution >= 0.6 is 11.3 Å². The maximum absolute atomic E-state index is 13.2. The van der Waals surface area contributed by atoms with E-state index in [4.69, 9.17) is 5.73 Å². The molecule has 4 rings (SSSR count). The molecule has 1 aromatic heterocycles. The lowest BCUT2D eigenvalue weighted by Crippen LogP contribution is -2.42. The van der Waals surface area contributed by atoms with Crippen molar-refractivity contribution in [1.29, 1.82) is 0 Å². The van der Waals surface area contributed by atoms with E-state index < -0.39 is 0 Å². The Morgan fingerprint density at radius 1 is 1.50 bits per heavy atom. The quantitative estimate of drug-likeness (QED) is 0.896. The number of nitrogens with zero attached hydrogens (tertiary/aromatic N) is 2. The number of nitrogen functional groups attached to an aromatic ring is 1. The van der Waals surface area contributed by atoms with Crippen molar-refractivity contribution in [2.24, 2.45) is 5.41 Å². The van der Waals surface area contributed by atoms with Gasteiger partial charge in [0.2, 0.25) is 0 Å². The lowest BCUT2D eigenvalue weighted by atomic mass is 9.72. The van der Waals surface area contributed by atoms with Crippen LogP contribution in [0, 0.1) is 12.3 Å². The summed E-state index contributed by atoms with van der Waals surface area (Å²) in [6.07, 6.45) is 3.88. The van der Waals surface area contributed by atoms with Gasteiger partial charge in [0.15, 0.2) is 5.13 Å². The molecule has 2 aliphatic rings. The van der Waals surface area contributed by atoms with E-state index in [1.807, 2.05) is 24.0 Å². The summed E-state index contributed by atoms with van der Waals surface area (Å²) in [5.74, 6) is 0.0863. The SMILES string of the molecule is CC[C@]1(CO)C[C@H]2CC[C@@H]1N2C(=O)c1cc(C)c2nc(N)sc2c1. The largest absolute Gasteiger partial charge is 0.396 e. The van der Waals surface area contributed by atoms with Crippen LogP contribution in [0.5, 0.6) is 0 Å². The monoisotopic (exact) mass is 345 g/mol. The second-order valence-corrected chi connectivity index (χ2v) is 8.29. The van der Waals surface area contributed by atoms with Gasteiger partial charge in [0.25, 0.3) is 5.91 Å². The molecule has 2 aliphatic heterocycles. The summed E-state index contributed by atoms with van der Waals surface area (Å²) in [6, 6.07) is 4.27. The number of hydrogen-bond donors (Lipinski definition) is 2.